The zero-order valence-corrected chi connectivity index (χ0v) is 17.4. The zero-order chi connectivity index (χ0) is 20.1. The van der Waals surface area contributed by atoms with Crippen LogP contribution in [0.2, 0.25) is 0 Å². The highest BCUT2D eigenvalue weighted by Crippen LogP contribution is 2.37. The predicted octanol–water partition coefficient (Wildman–Crippen LogP) is 5.50. The van der Waals surface area contributed by atoms with Crippen molar-refractivity contribution in [3.05, 3.63) is 95.6 Å². The molecule has 0 fully saturated rings. The fourth-order valence-electron chi connectivity index (χ4n) is 3.83. The molecular weight excluding hydrogens is 378 g/mol. The largest absolute Gasteiger partial charge is 0.497 e. The summed E-state index contributed by atoms with van der Waals surface area (Å²) in [4.78, 5) is 15.1. The molecule has 0 saturated carbocycles. The lowest BCUT2D eigenvalue weighted by Gasteiger charge is -2.30. The Morgan fingerprint density at radius 2 is 1.66 bits per heavy atom. The molecule has 3 aromatic carbocycles. The van der Waals surface area contributed by atoms with Crippen LogP contribution in [0.15, 0.2) is 78.9 Å². The summed E-state index contributed by atoms with van der Waals surface area (Å²) in [5, 5.41) is 0.140. The van der Waals surface area contributed by atoms with E-state index >= 15 is 0 Å². The monoisotopic (exact) mass is 403 g/mol. The smallest absolute Gasteiger partial charge is 0.237 e. The number of anilines is 1. The number of hydrogen-bond donors (Lipinski definition) is 0. The number of hydrogen-bond acceptors (Lipinski definition) is 3. The summed E-state index contributed by atoms with van der Waals surface area (Å²) in [6.45, 7) is 0.778. The average Bonchev–Trinajstić information content (AvgIpc) is 2.79. The number of nitrogens with zero attached hydrogens (tertiary/aromatic N) is 1. The number of aryl methyl sites for hydroxylation is 1. The Hall–Kier alpha value is -2.72. The van der Waals surface area contributed by atoms with Crippen molar-refractivity contribution in [1.82, 2.24) is 0 Å². The normalized spacial score (nSPS) is 13.2. The SMILES string of the molecule is COc1ccc2c(c1)CCCN2C(=O)CSC(c1ccccc1)c1ccccc1. The van der Waals surface area contributed by atoms with Crippen molar-refractivity contribution in [2.24, 2.45) is 0 Å². The fourth-order valence-corrected chi connectivity index (χ4v) is 5.00. The van der Waals surface area contributed by atoms with Crippen molar-refractivity contribution in [3.63, 3.8) is 0 Å². The first kappa shape index (κ1) is 19.6. The summed E-state index contributed by atoms with van der Waals surface area (Å²) in [5.41, 5.74) is 4.66. The minimum Gasteiger partial charge on any atom is -0.497 e. The maximum Gasteiger partial charge on any atom is 0.237 e. The number of carbonyl (C=O) groups is 1. The molecule has 29 heavy (non-hydrogen) atoms. The fraction of sp³-hybridized carbons (Fsp3) is 0.240. The summed E-state index contributed by atoms with van der Waals surface area (Å²) < 4.78 is 5.35. The highest BCUT2D eigenvalue weighted by Gasteiger charge is 2.24. The molecule has 0 atom stereocenters. The van der Waals surface area contributed by atoms with Gasteiger partial charge in [0.2, 0.25) is 5.91 Å². The van der Waals surface area contributed by atoms with Crippen LogP contribution in [0.3, 0.4) is 0 Å². The summed E-state index contributed by atoms with van der Waals surface area (Å²) in [6.07, 6.45) is 1.97. The third-order valence-electron chi connectivity index (χ3n) is 5.28. The quantitative estimate of drug-likeness (QED) is 0.544. The van der Waals surface area contributed by atoms with E-state index in [4.69, 9.17) is 4.74 Å². The predicted molar refractivity (Wildman–Crippen MR) is 121 cm³/mol. The number of ether oxygens (including phenoxy) is 1. The molecule has 1 heterocycles. The molecule has 4 heteroatoms. The van der Waals surface area contributed by atoms with Crippen LogP contribution in [0, 0.1) is 0 Å². The highest BCUT2D eigenvalue weighted by atomic mass is 32.2. The van der Waals surface area contributed by atoms with Crippen LogP contribution in [0.25, 0.3) is 0 Å². The van der Waals surface area contributed by atoms with Crippen molar-refractivity contribution < 1.29 is 9.53 Å². The standard InChI is InChI=1S/C25H25NO2S/c1-28-22-14-15-23-21(17-22)13-8-16-26(23)24(27)18-29-25(19-9-4-2-5-10-19)20-11-6-3-7-12-20/h2-7,9-12,14-15,17,25H,8,13,16,18H2,1H3. The first-order chi connectivity index (χ1) is 14.3. The molecule has 4 rings (SSSR count). The van der Waals surface area contributed by atoms with Gasteiger partial charge in [0.05, 0.1) is 18.1 Å². The molecule has 0 spiro atoms. The summed E-state index contributed by atoms with van der Waals surface area (Å²) in [5.74, 6) is 1.46. The van der Waals surface area contributed by atoms with E-state index in [-0.39, 0.29) is 11.2 Å². The van der Waals surface area contributed by atoms with Gasteiger partial charge in [0, 0.05) is 12.2 Å². The first-order valence-electron chi connectivity index (χ1n) is 9.95. The van der Waals surface area contributed by atoms with Crippen LogP contribution in [0.5, 0.6) is 5.75 Å². The van der Waals surface area contributed by atoms with Gasteiger partial charge < -0.3 is 9.64 Å². The van der Waals surface area contributed by atoms with Gasteiger partial charge in [-0.2, -0.15) is 0 Å². The molecule has 148 valence electrons. The molecule has 0 unspecified atom stereocenters. The van der Waals surface area contributed by atoms with Gasteiger partial charge in [-0.3, -0.25) is 4.79 Å². The van der Waals surface area contributed by atoms with E-state index in [1.54, 1.807) is 18.9 Å². The van der Waals surface area contributed by atoms with E-state index in [1.165, 1.54) is 16.7 Å². The van der Waals surface area contributed by atoms with E-state index < -0.39 is 0 Å². The van der Waals surface area contributed by atoms with Crippen LogP contribution in [-0.2, 0) is 11.2 Å². The Kier molecular flexibility index (Phi) is 6.20. The van der Waals surface area contributed by atoms with E-state index in [1.807, 2.05) is 29.2 Å². The minimum atomic E-state index is 0.140. The van der Waals surface area contributed by atoms with Gasteiger partial charge >= 0.3 is 0 Å². The molecular formula is C25H25NO2S. The van der Waals surface area contributed by atoms with Crippen molar-refractivity contribution in [2.45, 2.75) is 18.1 Å². The number of carbonyl (C=O) groups excluding carboxylic acids is 1. The Morgan fingerprint density at radius 3 is 2.28 bits per heavy atom. The van der Waals surface area contributed by atoms with E-state index in [0.717, 1.165) is 30.8 Å². The second-order valence-corrected chi connectivity index (χ2v) is 8.25. The van der Waals surface area contributed by atoms with E-state index in [9.17, 15) is 4.79 Å². The Morgan fingerprint density at radius 1 is 1.00 bits per heavy atom. The maximum absolute atomic E-state index is 13.2. The van der Waals surface area contributed by atoms with Crippen LogP contribution in [0.4, 0.5) is 5.69 Å². The van der Waals surface area contributed by atoms with Gasteiger partial charge in [0.1, 0.15) is 5.75 Å². The van der Waals surface area contributed by atoms with Gasteiger partial charge in [0.25, 0.3) is 0 Å². The molecule has 1 aliphatic rings. The lowest BCUT2D eigenvalue weighted by Crippen LogP contribution is -2.36. The Balaban J connectivity index is 1.52. The van der Waals surface area contributed by atoms with Crippen molar-refractivity contribution >= 4 is 23.4 Å². The van der Waals surface area contributed by atoms with E-state index in [0.29, 0.717) is 5.75 Å². The molecule has 1 aliphatic heterocycles. The van der Waals surface area contributed by atoms with Crippen molar-refractivity contribution in [3.8, 4) is 5.75 Å². The summed E-state index contributed by atoms with van der Waals surface area (Å²) >= 11 is 1.70. The van der Waals surface area contributed by atoms with Crippen molar-refractivity contribution in [2.75, 3.05) is 24.3 Å². The number of methoxy groups -OCH3 is 1. The maximum atomic E-state index is 13.2. The first-order valence-corrected chi connectivity index (χ1v) is 11.0. The molecule has 0 saturated heterocycles. The number of amides is 1. The zero-order valence-electron chi connectivity index (χ0n) is 16.6. The number of thioether (sulfide) groups is 1. The van der Waals surface area contributed by atoms with E-state index in [2.05, 4.69) is 54.6 Å². The molecule has 3 aromatic rings. The molecule has 3 nitrogen and oxygen atoms in total. The lowest BCUT2D eigenvalue weighted by molar-refractivity contribution is -0.116. The van der Waals surface area contributed by atoms with Crippen LogP contribution in [0.1, 0.15) is 28.4 Å². The Labute approximate surface area is 176 Å². The third kappa shape index (κ3) is 4.48. The molecule has 0 aliphatic carbocycles. The van der Waals surface area contributed by atoms with Crippen LogP contribution < -0.4 is 9.64 Å². The molecule has 0 N–H and O–H groups in total. The molecule has 1 amide bonds. The van der Waals surface area contributed by atoms with Crippen LogP contribution >= 0.6 is 11.8 Å². The number of rotatable bonds is 6. The Bertz CT molecular complexity index is 920. The number of fused-ring (bicyclic) bond motifs is 1. The second kappa shape index (κ2) is 9.19. The van der Waals surface area contributed by atoms with Gasteiger partial charge in [-0.1, -0.05) is 60.7 Å². The van der Waals surface area contributed by atoms with Gasteiger partial charge in [-0.05, 0) is 47.7 Å². The van der Waals surface area contributed by atoms with Crippen LogP contribution in [-0.4, -0.2) is 25.3 Å². The average molecular weight is 404 g/mol. The lowest BCUT2D eigenvalue weighted by atomic mass is 10.0. The molecule has 0 radical (unpaired) electrons. The van der Waals surface area contributed by atoms with Crippen molar-refractivity contribution in [1.29, 1.82) is 0 Å². The molecule has 0 bridgehead atoms. The molecule has 0 aromatic heterocycles. The number of benzene rings is 3. The summed E-state index contributed by atoms with van der Waals surface area (Å²) in [7, 11) is 1.68. The van der Waals surface area contributed by atoms with Gasteiger partial charge in [-0.25, -0.2) is 0 Å². The topological polar surface area (TPSA) is 29.5 Å². The van der Waals surface area contributed by atoms with Gasteiger partial charge in [-0.15, -0.1) is 11.8 Å². The second-order valence-electron chi connectivity index (χ2n) is 7.16. The third-order valence-corrected chi connectivity index (χ3v) is 6.58. The minimum absolute atomic E-state index is 0.140. The highest BCUT2D eigenvalue weighted by molar-refractivity contribution is 8.00. The summed E-state index contributed by atoms with van der Waals surface area (Å²) in [6, 6.07) is 26.8. The van der Waals surface area contributed by atoms with Gasteiger partial charge in [0.15, 0.2) is 0 Å².